The van der Waals surface area contributed by atoms with Crippen LogP contribution in [0.1, 0.15) is 11.1 Å². The van der Waals surface area contributed by atoms with E-state index in [-0.39, 0.29) is 31.2 Å². The van der Waals surface area contributed by atoms with Gasteiger partial charge in [-0.15, -0.1) is 13.2 Å². The number of carbonyl (C=O) groups excluding carboxylic acids is 1. The molecule has 0 aliphatic heterocycles. The molecule has 2 aromatic carbocycles. The normalized spacial score (nSPS) is 11.7. The molecule has 30 heavy (non-hydrogen) atoms. The number of aliphatic imine (C=N–C) groups is 1. The van der Waals surface area contributed by atoms with Gasteiger partial charge in [-0.1, -0.05) is 30.3 Å². The highest BCUT2D eigenvalue weighted by Gasteiger charge is 2.31. The van der Waals surface area contributed by atoms with Crippen molar-refractivity contribution >= 4 is 11.9 Å². The molecule has 0 aromatic heterocycles. The second-order valence-corrected chi connectivity index (χ2v) is 6.16. The van der Waals surface area contributed by atoms with Gasteiger partial charge in [-0.05, 0) is 23.8 Å². The van der Waals surface area contributed by atoms with Gasteiger partial charge in [0.1, 0.15) is 11.6 Å². The predicted octanol–water partition coefficient (Wildman–Crippen LogP) is 2.75. The third-order valence-corrected chi connectivity index (χ3v) is 3.86. The lowest BCUT2D eigenvalue weighted by atomic mass is 10.1. The molecule has 0 saturated carbocycles. The average Bonchev–Trinajstić information content (AvgIpc) is 2.67. The highest BCUT2D eigenvalue weighted by molar-refractivity contribution is 5.80. The maximum absolute atomic E-state index is 13.1. The van der Waals surface area contributed by atoms with Crippen molar-refractivity contribution in [1.82, 2.24) is 16.0 Å². The zero-order chi connectivity index (χ0) is 22.0. The number of benzene rings is 2. The fourth-order valence-electron chi connectivity index (χ4n) is 2.55. The first-order valence-electron chi connectivity index (χ1n) is 9.06. The number of ether oxygens (including phenoxy) is 1. The molecule has 162 valence electrons. The maximum atomic E-state index is 13.1. The summed E-state index contributed by atoms with van der Waals surface area (Å²) in [5, 5.41) is 8.51. The molecule has 0 spiro atoms. The molecule has 1 amide bonds. The van der Waals surface area contributed by atoms with E-state index in [1.54, 1.807) is 12.1 Å². The number of nitrogens with one attached hydrogen (secondary N) is 3. The molecule has 0 radical (unpaired) electrons. The standard InChI is InChI=1S/C20H22F4N4O2/c1-25-19(28-13-15-6-2-3-8-17(15)30-20(22,23)24)27-10-9-26-18(29)12-14-5-4-7-16(21)11-14/h2-8,11H,9-10,12-13H2,1H3,(H,26,29)(H2,25,27,28). The van der Waals surface area contributed by atoms with Gasteiger partial charge in [0.2, 0.25) is 5.91 Å². The summed E-state index contributed by atoms with van der Waals surface area (Å²) in [6.45, 7) is 0.662. The van der Waals surface area contributed by atoms with E-state index in [9.17, 15) is 22.4 Å². The van der Waals surface area contributed by atoms with Crippen LogP contribution in [0.2, 0.25) is 0 Å². The highest BCUT2D eigenvalue weighted by atomic mass is 19.4. The molecule has 0 atom stereocenters. The number of rotatable bonds is 8. The van der Waals surface area contributed by atoms with Crippen LogP contribution in [0.5, 0.6) is 5.75 Å². The predicted molar refractivity (Wildman–Crippen MR) is 104 cm³/mol. The van der Waals surface area contributed by atoms with E-state index in [4.69, 9.17) is 0 Å². The Labute approximate surface area is 171 Å². The van der Waals surface area contributed by atoms with E-state index in [2.05, 4.69) is 25.7 Å². The van der Waals surface area contributed by atoms with Crippen molar-refractivity contribution in [2.75, 3.05) is 20.1 Å². The molecule has 0 aliphatic carbocycles. The summed E-state index contributed by atoms with van der Waals surface area (Å²) in [6.07, 6.45) is -4.72. The van der Waals surface area contributed by atoms with Crippen LogP contribution in [0.25, 0.3) is 0 Å². The van der Waals surface area contributed by atoms with Crippen LogP contribution in [0.15, 0.2) is 53.5 Å². The van der Waals surface area contributed by atoms with Crippen molar-refractivity contribution in [2.45, 2.75) is 19.3 Å². The van der Waals surface area contributed by atoms with Crippen molar-refractivity contribution in [3.63, 3.8) is 0 Å². The number of hydrogen-bond donors (Lipinski definition) is 3. The zero-order valence-electron chi connectivity index (χ0n) is 16.2. The van der Waals surface area contributed by atoms with Gasteiger partial charge in [0.05, 0.1) is 6.42 Å². The Bertz CT molecular complexity index is 872. The largest absolute Gasteiger partial charge is 0.573 e. The van der Waals surface area contributed by atoms with Crippen LogP contribution in [0.4, 0.5) is 17.6 Å². The number of hydrogen-bond acceptors (Lipinski definition) is 3. The summed E-state index contributed by atoms with van der Waals surface area (Å²) in [5.41, 5.74) is 0.874. The molecule has 2 aromatic rings. The van der Waals surface area contributed by atoms with E-state index < -0.39 is 12.2 Å². The van der Waals surface area contributed by atoms with E-state index in [0.717, 1.165) is 0 Å². The van der Waals surface area contributed by atoms with Gasteiger partial charge in [-0.25, -0.2) is 4.39 Å². The maximum Gasteiger partial charge on any atom is 0.573 e. The van der Waals surface area contributed by atoms with Gasteiger partial charge >= 0.3 is 6.36 Å². The van der Waals surface area contributed by atoms with Gasteiger partial charge < -0.3 is 20.7 Å². The smallest absolute Gasteiger partial charge is 0.405 e. The monoisotopic (exact) mass is 426 g/mol. The van der Waals surface area contributed by atoms with E-state index in [0.29, 0.717) is 23.6 Å². The van der Waals surface area contributed by atoms with Gasteiger partial charge in [0, 0.05) is 32.2 Å². The lowest BCUT2D eigenvalue weighted by molar-refractivity contribution is -0.274. The molecule has 0 heterocycles. The quantitative estimate of drug-likeness (QED) is 0.263. The molecule has 0 unspecified atom stereocenters. The Morgan fingerprint density at radius 2 is 1.77 bits per heavy atom. The SMILES string of the molecule is CN=C(NCCNC(=O)Cc1cccc(F)c1)NCc1ccccc1OC(F)(F)F. The second kappa shape index (κ2) is 11.0. The minimum absolute atomic E-state index is 0.0534. The summed E-state index contributed by atoms with van der Waals surface area (Å²) >= 11 is 0. The highest BCUT2D eigenvalue weighted by Crippen LogP contribution is 2.25. The first-order chi connectivity index (χ1) is 14.3. The first kappa shape index (κ1) is 23.0. The molecule has 2 rings (SSSR count). The van der Waals surface area contributed by atoms with Crippen LogP contribution >= 0.6 is 0 Å². The van der Waals surface area contributed by atoms with Crippen LogP contribution in [0, 0.1) is 5.82 Å². The molecule has 0 bridgehead atoms. The molecule has 10 heteroatoms. The van der Waals surface area contributed by atoms with Crippen molar-refractivity contribution in [1.29, 1.82) is 0 Å². The van der Waals surface area contributed by atoms with Crippen LogP contribution < -0.4 is 20.7 Å². The van der Waals surface area contributed by atoms with E-state index in [1.165, 1.54) is 43.4 Å². The number of guanidine groups is 1. The summed E-state index contributed by atoms with van der Waals surface area (Å²) in [7, 11) is 1.51. The van der Waals surface area contributed by atoms with E-state index in [1.807, 2.05) is 0 Å². The third kappa shape index (κ3) is 8.38. The molecule has 0 aliphatic rings. The van der Waals surface area contributed by atoms with Crippen LogP contribution in [-0.4, -0.2) is 38.4 Å². The zero-order valence-corrected chi connectivity index (χ0v) is 16.2. The summed E-state index contributed by atoms with van der Waals surface area (Å²) in [4.78, 5) is 15.9. The Kier molecular flexibility index (Phi) is 8.45. The van der Waals surface area contributed by atoms with Crippen LogP contribution in [0.3, 0.4) is 0 Å². The number of carbonyl (C=O) groups is 1. The minimum Gasteiger partial charge on any atom is -0.405 e. The Morgan fingerprint density at radius 1 is 1.03 bits per heavy atom. The van der Waals surface area contributed by atoms with Crippen molar-refractivity contribution in [3.8, 4) is 5.75 Å². The van der Waals surface area contributed by atoms with Gasteiger partial charge in [0.25, 0.3) is 0 Å². The molecule has 0 fully saturated rings. The van der Waals surface area contributed by atoms with E-state index >= 15 is 0 Å². The number of para-hydroxylation sites is 1. The van der Waals surface area contributed by atoms with Crippen LogP contribution in [-0.2, 0) is 17.8 Å². The first-order valence-corrected chi connectivity index (χ1v) is 9.06. The number of nitrogens with zero attached hydrogens (tertiary/aromatic N) is 1. The minimum atomic E-state index is -4.78. The molecule has 3 N–H and O–H groups in total. The number of amides is 1. The summed E-state index contributed by atoms with van der Waals surface area (Å²) in [6, 6.07) is 11.6. The summed E-state index contributed by atoms with van der Waals surface area (Å²) in [5.74, 6) is -0.614. The molecular weight excluding hydrogens is 404 g/mol. The topological polar surface area (TPSA) is 74.8 Å². The van der Waals surface area contributed by atoms with Gasteiger partial charge in [0.15, 0.2) is 5.96 Å². The van der Waals surface area contributed by atoms with Crippen molar-refractivity contribution in [3.05, 3.63) is 65.5 Å². The Hall–Kier alpha value is -3.30. The fourth-order valence-corrected chi connectivity index (χ4v) is 2.55. The van der Waals surface area contributed by atoms with Crippen molar-refractivity contribution < 1.29 is 27.1 Å². The molecular formula is C20H22F4N4O2. The number of alkyl halides is 3. The molecule has 0 saturated heterocycles. The Balaban J connectivity index is 1.75. The lowest BCUT2D eigenvalue weighted by Crippen LogP contribution is -2.41. The lowest BCUT2D eigenvalue weighted by Gasteiger charge is -2.15. The number of halogens is 4. The van der Waals surface area contributed by atoms with Gasteiger partial charge in [-0.2, -0.15) is 0 Å². The fraction of sp³-hybridized carbons (Fsp3) is 0.300. The summed E-state index contributed by atoms with van der Waals surface area (Å²) < 4.78 is 54.6. The van der Waals surface area contributed by atoms with Gasteiger partial charge in [-0.3, -0.25) is 9.79 Å². The average molecular weight is 426 g/mol. The third-order valence-electron chi connectivity index (χ3n) is 3.86. The Morgan fingerprint density at radius 3 is 2.47 bits per heavy atom. The molecule has 6 nitrogen and oxygen atoms in total. The van der Waals surface area contributed by atoms with Crippen molar-refractivity contribution in [2.24, 2.45) is 4.99 Å². The second-order valence-electron chi connectivity index (χ2n) is 6.16.